The number of aromatic nitrogens is 2. The Morgan fingerprint density at radius 3 is 2.67 bits per heavy atom. The highest BCUT2D eigenvalue weighted by molar-refractivity contribution is 7.89. The van der Waals surface area contributed by atoms with Crippen LogP contribution in [0, 0.1) is 11.3 Å². The third-order valence-electron chi connectivity index (χ3n) is 4.16. The average molecular weight is 314 g/mol. The normalized spacial score (nSPS) is 17.9. The zero-order valence-corrected chi connectivity index (χ0v) is 14.0. The molecular weight excluding hydrogens is 288 g/mol. The molecule has 0 aliphatic heterocycles. The van der Waals surface area contributed by atoms with Gasteiger partial charge in [0.15, 0.2) is 5.03 Å². The summed E-state index contributed by atoms with van der Waals surface area (Å²) < 4.78 is 27.5. The molecule has 7 heteroatoms. The zero-order valence-electron chi connectivity index (χ0n) is 13.2. The molecule has 0 radical (unpaired) electrons. The van der Waals surface area contributed by atoms with Crippen molar-refractivity contribution in [2.45, 2.75) is 58.1 Å². The molecule has 1 heterocycles. The second kappa shape index (κ2) is 6.06. The third kappa shape index (κ3) is 4.52. The average Bonchev–Trinajstić information content (AvgIpc) is 3.08. The van der Waals surface area contributed by atoms with Gasteiger partial charge in [-0.05, 0) is 24.2 Å². The Kier molecular flexibility index (Phi) is 4.75. The van der Waals surface area contributed by atoms with Crippen LogP contribution in [-0.2, 0) is 16.6 Å². The third-order valence-corrected chi connectivity index (χ3v) is 5.60. The summed E-state index contributed by atoms with van der Waals surface area (Å²) in [5, 5.41) is 9.98. The van der Waals surface area contributed by atoms with Crippen LogP contribution in [0.1, 0.15) is 46.1 Å². The van der Waals surface area contributed by atoms with E-state index in [9.17, 15) is 8.42 Å². The summed E-state index contributed by atoms with van der Waals surface area (Å²) in [6.45, 7) is 9.31. The molecule has 0 spiro atoms. The van der Waals surface area contributed by atoms with Crippen molar-refractivity contribution in [2.75, 3.05) is 6.54 Å². The highest BCUT2D eigenvalue weighted by atomic mass is 32.2. The molecule has 1 aromatic heterocycles. The minimum Gasteiger partial charge on any atom is -0.310 e. The largest absolute Gasteiger partial charge is 0.310 e. The predicted molar refractivity (Wildman–Crippen MR) is 82.3 cm³/mol. The van der Waals surface area contributed by atoms with Crippen molar-refractivity contribution in [2.24, 2.45) is 11.3 Å². The van der Waals surface area contributed by atoms with Crippen LogP contribution in [0.4, 0.5) is 0 Å². The lowest BCUT2D eigenvalue weighted by molar-refractivity contribution is 0.263. The van der Waals surface area contributed by atoms with Crippen molar-refractivity contribution < 1.29 is 8.42 Å². The number of hydrogen-bond acceptors (Lipinski definition) is 4. The smallest absolute Gasteiger partial charge is 0.257 e. The first-order valence-electron chi connectivity index (χ1n) is 7.45. The zero-order chi connectivity index (χ0) is 15.7. The quantitative estimate of drug-likeness (QED) is 0.714. The highest BCUT2D eigenvalue weighted by Crippen LogP contribution is 2.25. The van der Waals surface area contributed by atoms with Gasteiger partial charge in [0.1, 0.15) is 0 Å². The van der Waals surface area contributed by atoms with Crippen LogP contribution in [0.5, 0.6) is 0 Å². The van der Waals surface area contributed by atoms with Gasteiger partial charge in [-0.1, -0.05) is 27.7 Å². The van der Waals surface area contributed by atoms with Crippen LogP contribution < -0.4 is 10.0 Å². The summed E-state index contributed by atoms with van der Waals surface area (Å²) >= 11 is 0. The molecular formula is C14H26N4O2S. The van der Waals surface area contributed by atoms with Gasteiger partial charge < -0.3 is 5.32 Å². The van der Waals surface area contributed by atoms with Crippen molar-refractivity contribution >= 4 is 10.0 Å². The topological polar surface area (TPSA) is 86.9 Å². The maximum Gasteiger partial charge on any atom is 0.257 e. The van der Waals surface area contributed by atoms with Crippen LogP contribution in [0.25, 0.3) is 0 Å². The molecule has 120 valence electrons. The lowest BCUT2D eigenvalue weighted by Gasteiger charge is -2.27. The Hall–Kier alpha value is -0.920. The summed E-state index contributed by atoms with van der Waals surface area (Å²) in [5.41, 5.74) is 0.755. The number of aromatic amines is 1. The Morgan fingerprint density at radius 1 is 1.43 bits per heavy atom. The maximum absolute atomic E-state index is 12.4. The van der Waals surface area contributed by atoms with Gasteiger partial charge in [0.05, 0.1) is 6.20 Å². The van der Waals surface area contributed by atoms with Gasteiger partial charge in [0, 0.05) is 24.7 Å². The van der Waals surface area contributed by atoms with Crippen molar-refractivity contribution in [3.63, 3.8) is 0 Å². The molecule has 0 aromatic carbocycles. The van der Waals surface area contributed by atoms with Crippen molar-refractivity contribution in [1.82, 2.24) is 20.2 Å². The van der Waals surface area contributed by atoms with Gasteiger partial charge in [0.2, 0.25) is 0 Å². The number of rotatable bonds is 7. The van der Waals surface area contributed by atoms with Crippen molar-refractivity contribution in [3.8, 4) is 0 Å². The fourth-order valence-electron chi connectivity index (χ4n) is 1.81. The SMILES string of the molecule is CC(CNS(=O)(=O)c1[nH]ncc1CNC1CC1)C(C)(C)C. The first-order chi connectivity index (χ1) is 9.70. The number of H-pyrrole nitrogens is 1. The first kappa shape index (κ1) is 16.5. The molecule has 6 nitrogen and oxygen atoms in total. The van der Waals surface area contributed by atoms with E-state index in [4.69, 9.17) is 0 Å². The molecule has 2 rings (SSSR count). The van der Waals surface area contributed by atoms with Crippen LogP contribution in [0.3, 0.4) is 0 Å². The van der Waals surface area contributed by atoms with Gasteiger partial charge in [-0.2, -0.15) is 5.10 Å². The molecule has 1 fully saturated rings. The molecule has 0 bridgehead atoms. The van der Waals surface area contributed by atoms with Crippen LogP contribution in [0.15, 0.2) is 11.2 Å². The molecule has 0 saturated heterocycles. The second-order valence-corrected chi connectivity index (χ2v) is 8.70. The summed E-state index contributed by atoms with van der Waals surface area (Å²) in [6, 6.07) is 0.532. The minimum atomic E-state index is -3.54. The van der Waals surface area contributed by atoms with Crippen molar-refractivity contribution in [3.05, 3.63) is 11.8 Å². The Bertz CT molecular complexity index is 570. The summed E-state index contributed by atoms with van der Waals surface area (Å²) in [5.74, 6) is 0.239. The lowest BCUT2D eigenvalue weighted by Crippen LogP contribution is -2.34. The molecule has 1 saturated carbocycles. The van der Waals surface area contributed by atoms with E-state index in [1.165, 1.54) is 12.8 Å². The number of hydrogen-bond donors (Lipinski definition) is 3. The van der Waals surface area contributed by atoms with Crippen LogP contribution in [-0.4, -0.2) is 31.2 Å². The molecule has 21 heavy (non-hydrogen) atoms. The molecule has 1 aliphatic rings. The lowest BCUT2D eigenvalue weighted by atomic mass is 9.82. The van der Waals surface area contributed by atoms with E-state index in [1.54, 1.807) is 6.20 Å². The highest BCUT2D eigenvalue weighted by Gasteiger charge is 2.26. The maximum atomic E-state index is 12.4. The van der Waals surface area contributed by atoms with Gasteiger partial charge in [-0.15, -0.1) is 0 Å². The molecule has 1 unspecified atom stereocenters. The van der Waals surface area contributed by atoms with E-state index in [1.807, 2.05) is 6.92 Å². The fourth-order valence-corrected chi connectivity index (χ4v) is 3.07. The van der Waals surface area contributed by atoms with E-state index < -0.39 is 10.0 Å². The fraction of sp³-hybridized carbons (Fsp3) is 0.786. The molecule has 1 aromatic rings. The second-order valence-electron chi connectivity index (χ2n) is 7.00. The predicted octanol–water partition coefficient (Wildman–Crippen LogP) is 1.62. The molecule has 1 atom stereocenters. The Labute approximate surface area is 127 Å². The molecule has 0 amide bonds. The summed E-state index contributed by atoms with van der Waals surface area (Å²) in [4.78, 5) is 0. The van der Waals surface area contributed by atoms with Crippen LogP contribution >= 0.6 is 0 Å². The van der Waals surface area contributed by atoms with E-state index in [0.29, 0.717) is 24.7 Å². The Balaban J connectivity index is 2.00. The monoisotopic (exact) mass is 314 g/mol. The van der Waals surface area contributed by atoms with Crippen LogP contribution in [0.2, 0.25) is 0 Å². The van der Waals surface area contributed by atoms with Gasteiger partial charge >= 0.3 is 0 Å². The number of sulfonamides is 1. The molecule has 3 N–H and O–H groups in total. The van der Waals surface area contributed by atoms with E-state index in [0.717, 1.165) is 0 Å². The standard InChI is InChI=1S/C14H26N4O2S/c1-10(14(2,3)4)7-17-21(19,20)13-11(9-16-18-13)8-15-12-5-6-12/h9-10,12,15,17H,5-8H2,1-4H3,(H,16,18). The number of nitrogens with zero attached hydrogens (tertiary/aromatic N) is 1. The first-order valence-corrected chi connectivity index (χ1v) is 8.94. The van der Waals surface area contributed by atoms with Crippen molar-refractivity contribution in [1.29, 1.82) is 0 Å². The Morgan fingerprint density at radius 2 is 2.10 bits per heavy atom. The van der Waals surface area contributed by atoms with E-state index >= 15 is 0 Å². The van der Waals surface area contributed by atoms with Gasteiger partial charge in [-0.3, -0.25) is 5.10 Å². The van der Waals surface area contributed by atoms with Gasteiger partial charge in [0.25, 0.3) is 10.0 Å². The van der Waals surface area contributed by atoms with Gasteiger partial charge in [-0.25, -0.2) is 13.1 Å². The van der Waals surface area contributed by atoms with E-state index in [-0.39, 0.29) is 16.4 Å². The van der Waals surface area contributed by atoms with E-state index in [2.05, 4.69) is 41.0 Å². The molecule has 1 aliphatic carbocycles. The summed E-state index contributed by atoms with van der Waals surface area (Å²) in [7, 11) is -3.54. The minimum absolute atomic E-state index is 0.0624. The number of nitrogens with one attached hydrogen (secondary N) is 3. The summed E-state index contributed by atoms with van der Waals surface area (Å²) in [6.07, 6.45) is 3.92.